The van der Waals surface area contributed by atoms with Crippen LogP contribution >= 0.6 is 0 Å². The van der Waals surface area contributed by atoms with Gasteiger partial charge in [0, 0.05) is 11.6 Å². The molecule has 3 aromatic rings. The average molecular weight is 303 g/mol. The second-order valence-corrected chi connectivity index (χ2v) is 3.84. The predicted molar refractivity (Wildman–Crippen MR) is 76.5 cm³/mol. The molecule has 0 atom stereocenters. The SMILES string of the molecule is O=c1cc(-c2ccccc2)oc2ccccc12.[SeH2]. The summed E-state index contributed by atoms with van der Waals surface area (Å²) in [7, 11) is 0. The van der Waals surface area contributed by atoms with Crippen molar-refractivity contribution in [2.75, 3.05) is 0 Å². The van der Waals surface area contributed by atoms with Crippen molar-refractivity contribution >= 4 is 28.0 Å². The third-order valence-corrected chi connectivity index (χ3v) is 2.69. The van der Waals surface area contributed by atoms with Gasteiger partial charge in [0.25, 0.3) is 0 Å². The topological polar surface area (TPSA) is 30.2 Å². The number of hydrogen-bond donors (Lipinski definition) is 0. The van der Waals surface area contributed by atoms with Crippen LogP contribution < -0.4 is 5.43 Å². The van der Waals surface area contributed by atoms with Gasteiger partial charge in [0.15, 0.2) is 5.43 Å². The molecule has 3 heteroatoms. The van der Waals surface area contributed by atoms with Gasteiger partial charge in [-0.05, 0) is 12.1 Å². The van der Waals surface area contributed by atoms with Crippen LogP contribution in [0.15, 0.2) is 69.9 Å². The van der Waals surface area contributed by atoms with Gasteiger partial charge in [0.1, 0.15) is 11.3 Å². The number of rotatable bonds is 1. The fourth-order valence-electron chi connectivity index (χ4n) is 1.85. The van der Waals surface area contributed by atoms with Gasteiger partial charge < -0.3 is 4.42 Å². The van der Waals surface area contributed by atoms with Crippen molar-refractivity contribution in [2.45, 2.75) is 0 Å². The van der Waals surface area contributed by atoms with Gasteiger partial charge in [0.05, 0.1) is 5.39 Å². The molecule has 90 valence electrons. The van der Waals surface area contributed by atoms with E-state index in [4.69, 9.17) is 4.42 Å². The summed E-state index contributed by atoms with van der Waals surface area (Å²) in [6.07, 6.45) is 0. The molecule has 0 aliphatic carbocycles. The van der Waals surface area contributed by atoms with Gasteiger partial charge in [-0.15, -0.1) is 0 Å². The molecule has 0 N–H and O–H groups in total. The molecule has 3 rings (SSSR count). The van der Waals surface area contributed by atoms with Gasteiger partial charge in [0.2, 0.25) is 0 Å². The molecule has 0 aliphatic rings. The van der Waals surface area contributed by atoms with E-state index in [1.165, 1.54) is 6.07 Å². The van der Waals surface area contributed by atoms with Crippen LogP contribution in [0.5, 0.6) is 0 Å². The van der Waals surface area contributed by atoms with Gasteiger partial charge in [-0.3, -0.25) is 4.79 Å². The summed E-state index contributed by atoms with van der Waals surface area (Å²) in [6.45, 7) is 0. The molecule has 0 amide bonds. The van der Waals surface area contributed by atoms with Gasteiger partial charge >= 0.3 is 17.1 Å². The van der Waals surface area contributed by atoms with Crippen LogP contribution in [0.4, 0.5) is 0 Å². The molecule has 0 saturated carbocycles. The molecule has 0 bridgehead atoms. The average Bonchev–Trinajstić information content (AvgIpc) is 2.40. The minimum absolute atomic E-state index is 0. The number of para-hydroxylation sites is 1. The molecule has 0 saturated heterocycles. The Labute approximate surface area is 115 Å². The Kier molecular flexibility index (Phi) is 3.66. The van der Waals surface area contributed by atoms with E-state index in [0.29, 0.717) is 16.7 Å². The molecule has 0 radical (unpaired) electrons. The molecular formula is C15H12O2Se. The first-order valence-corrected chi connectivity index (χ1v) is 5.43. The quantitative estimate of drug-likeness (QED) is 0.647. The fraction of sp³-hybridized carbons (Fsp3) is 0. The fourth-order valence-corrected chi connectivity index (χ4v) is 1.85. The Morgan fingerprint density at radius 3 is 2.28 bits per heavy atom. The van der Waals surface area contributed by atoms with Crippen molar-refractivity contribution in [1.29, 1.82) is 0 Å². The molecule has 18 heavy (non-hydrogen) atoms. The molecule has 0 unspecified atom stereocenters. The summed E-state index contributed by atoms with van der Waals surface area (Å²) in [5, 5.41) is 0.618. The summed E-state index contributed by atoms with van der Waals surface area (Å²) in [4.78, 5) is 11.9. The molecule has 0 spiro atoms. The van der Waals surface area contributed by atoms with E-state index < -0.39 is 0 Å². The first-order valence-electron chi connectivity index (χ1n) is 5.43. The van der Waals surface area contributed by atoms with E-state index in [1.807, 2.05) is 48.5 Å². The van der Waals surface area contributed by atoms with Crippen molar-refractivity contribution < 1.29 is 4.42 Å². The Morgan fingerprint density at radius 2 is 1.50 bits per heavy atom. The monoisotopic (exact) mass is 304 g/mol. The molecule has 0 fully saturated rings. The molecule has 1 aromatic heterocycles. The zero-order valence-electron chi connectivity index (χ0n) is 9.59. The number of benzene rings is 2. The second kappa shape index (κ2) is 5.21. The standard InChI is InChI=1S/C15H10O2.H2Se/c16-13-10-15(11-6-2-1-3-7-11)17-14-9-5-4-8-12(13)14;/h1-10H;1H2. The number of fused-ring (bicyclic) bond motifs is 1. The second-order valence-electron chi connectivity index (χ2n) is 3.84. The molecule has 2 aromatic carbocycles. The van der Waals surface area contributed by atoms with Gasteiger partial charge in [-0.2, -0.15) is 0 Å². The van der Waals surface area contributed by atoms with E-state index in [0.717, 1.165) is 5.56 Å². The van der Waals surface area contributed by atoms with Crippen LogP contribution in [-0.4, -0.2) is 17.1 Å². The van der Waals surface area contributed by atoms with Gasteiger partial charge in [-0.1, -0.05) is 42.5 Å². The Hall–Kier alpha value is -1.83. The van der Waals surface area contributed by atoms with Gasteiger partial charge in [-0.25, -0.2) is 0 Å². The van der Waals surface area contributed by atoms with Crippen LogP contribution in [0.3, 0.4) is 0 Å². The zero-order chi connectivity index (χ0) is 11.7. The normalized spacial score (nSPS) is 10.0. The summed E-state index contributed by atoms with van der Waals surface area (Å²) in [5.41, 5.74) is 1.53. The van der Waals surface area contributed by atoms with Crippen molar-refractivity contribution in [3.63, 3.8) is 0 Å². The first kappa shape index (κ1) is 12.6. The predicted octanol–water partition coefficient (Wildman–Crippen LogP) is 2.54. The summed E-state index contributed by atoms with van der Waals surface area (Å²) < 4.78 is 5.73. The molecule has 2 nitrogen and oxygen atoms in total. The van der Waals surface area contributed by atoms with Crippen LogP contribution in [0.2, 0.25) is 0 Å². The van der Waals surface area contributed by atoms with Crippen molar-refractivity contribution in [3.8, 4) is 11.3 Å². The van der Waals surface area contributed by atoms with Crippen LogP contribution in [0.25, 0.3) is 22.3 Å². The molecule has 1 heterocycles. The van der Waals surface area contributed by atoms with Crippen LogP contribution in [-0.2, 0) is 0 Å². The Balaban J connectivity index is 0.00000120. The van der Waals surface area contributed by atoms with Crippen molar-refractivity contribution in [2.24, 2.45) is 0 Å². The zero-order valence-corrected chi connectivity index (χ0v) is 11.7. The summed E-state index contributed by atoms with van der Waals surface area (Å²) in [6, 6.07) is 18.4. The number of hydrogen-bond acceptors (Lipinski definition) is 2. The van der Waals surface area contributed by atoms with E-state index in [2.05, 4.69) is 0 Å². The summed E-state index contributed by atoms with van der Waals surface area (Å²) >= 11 is 0. The van der Waals surface area contributed by atoms with E-state index in [1.54, 1.807) is 6.07 Å². The maximum absolute atomic E-state index is 11.9. The van der Waals surface area contributed by atoms with Crippen LogP contribution in [0, 0.1) is 0 Å². The Morgan fingerprint density at radius 1 is 0.833 bits per heavy atom. The maximum atomic E-state index is 11.9. The third-order valence-electron chi connectivity index (χ3n) is 2.69. The third kappa shape index (κ3) is 2.23. The van der Waals surface area contributed by atoms with Crippen molar-refractivity contribution in [3.05, 3.63) is 70.9 Å². The molecular weight excluding hydrogens is 291 g/mol. The summed E-state index contributed by atoms with van der Waals surface area (Å²) in [5.74, 6) is 0.606. The van der Waals surface area contributed by atoms with E-state index >= 15 is 0 Å². The van der Waals surface area contributed by atoms with Crippen molar-refractivity contribution in [1.82, 2.24) is 0 Å². The molecule has 0 aliphatic heterocycles. The van der Waals surface area contributed by atoms with Crippen LogP contribution in [0.1, 0.15) is 0 Å². The van der Waals surface area contributed by atoms with E-state index in [9.17, 15) is 4.79 Å². The Bertz CT molecular complexity index is 717. The van der Waals surface area contributed by atoms with E-state index in [-0.39, 0.29) is 22.5 Å². The first-order chi connectivity index (χ1) is 8.34. The minimum atomic E-state index is -0.00861.